The fourth-order valence-corrected chi connectivity index (χ4v) is 4.05. The smallest absolute Gasteiger partial charge is 0.316 e. The highest BCUT2D eigenvalue weighted by molar-refractivity contribution is 5.79. The molecule has 0 aliphatic heterocycles. The first kappa shape index (κ1) is 16.3. The van der Waals surface area contributed by atoms with E-state index in [1.807, 2.05) is 13.8 Å². The van der Waals surface area contributed by atoms with Gasteiger partial charge >= 0.3 is 11.9 Å². The molecule has 120 valence electrons. The van der Waals surface area contributed by atoms with Crippen LogP contribution >= 0.6 is 0 Å². The molecular formula is C17H28O4. The number of carbonyl (C=O) groups excluding carboxylic acids is 2. The SMILES string of the molecule is CC(=O)OC1CCCC1(C(=O)OCC(C)C)C1CCCC1. The summed E-state index contributed by atoms with van der Waals surface area (Å²) in [6.45, 7) is 5.94. The Labute approximate surface area is 127 Å². The Bertz CT molecular complexity index is 384. The van der Waals surface area contributed by atoms with Crippen molar-refractivity contribution in [2.75, 3.05) is 6.61 Å². The van der Waals surface area contributed by atoms with Gasteiger partial charge in [0.05, 0.1) is 6.61 Å². The topological polar surface area (TPSA) is 52.6 Å². The quantitative estimate of drug-likeness (QED) is 0.729. The second-order valence-electron chi connectivity index (χ2n) is 7.00. The number of rotatable bonds is 5. The molecular weight excluding hydrogens is 268 g/mol. The number of hydrogen-bond donors (Lipinski definition) is 0. The third-order valence-corrected chi connectivity index (χ3v) is 4.95. The van der Waals surface area contributed by atoms with Gasteiger partial charge in [-0.05, 0) is 43.9 Å². The fourth-order valence-electron chi connectivity index (χ4n) is 4.05. The van der Waals surface area contributed by atoms with Crippen molar-refractivity contribution in [3.8, 4) is 0 Å². The molecule has 4 nitrogen and oxygen atoms in total. The predicted molar refractivity (Wildman–Crippen MR) is 79.6 cm³/mol. The zero-order valence-electron chi connectivity index (χ0n) is 13.5. The van der Waals surface area contributed by atoms with Crippen molar-refractivity contribution in [2.45, 2.75) is 71.8 Å². The van der Waals surface area contributed by atoms with Crippen LogP contribution in [0.2, 0.25) is 0 Å². The average molecular weight is 296 g/mol. The predicted octanol–water partition coefficient (Wildman–Crippen LogP) is 3.48. The van der Waals surface area contributed by atoms with Gasteiger partial charge < -0.3 is 9.47 Å². The van der Waals surface area contributed by atoms with E-state index in [2.05, 4.69) is 0 Å². The van der Waals surface area contributed by atoms with Crippen molar-refractivity contribution in [1.29, 1.82) is 0 Å². The number of hydrogen-bond acceptors (Lipinski definition) is 4. The Morgan fingerprint density at radius 3 is 2.38 bits per heavy atom. The standard InChI is InChI=1S/C17H28O4/c1-12(2)11-20-16(19)17(14-7-4-5-8-14)10-6-9-15(17)21-13(3)18/h12,14-15H,4-11H2,1-3H3. The summed E-state index contributed by atoms with van der Waals surface area (Å²) < 4.78 is 11.1. The third kappa shape index (κ3) is 3.41. The molecule has 0 radical (unpaired) electrons. The van der Waals surface area contributed by atoms with Gasteiger partial charge in [0.2, 0.25) is 0 Å². The Morgan fingerprint density at radius 1 is 1.14 bits per heavy atom. The molecule has 0 heterocycles. The minimum absolute atomic E-state index is 0.133. The first-order valence-corrected chi connectivity index (χ1v) is 8.31. The third-order valence-electron chi connectivity index (χ3n) is 4.95. The van der Waals surface area contributed by atoms with E-state index in [4.69, 9.17) is 9.47 Å². The average Bonchev–Trinajstić information content (AvgIpc) is 3.04. The number of ether oxygens (including phenoxy) is 2. The van der Waals surface area contributed by atoms with Crippen LogP contribution in [0.3, 0.4) is 0 Å². The second-order valence-corrected chi connectivity index (χ2v) is 7.00. The van der Waals surface area contributed by atoms with E-state index in [0.29, 0.717) is 18.4 Å². The minimum atomic E-state index is -0.586. The Balaban J connectivity index is 2.20. The maximum absolute atomic E-state index is 12.8. The van der Waals surface area contributed by atoms with Gasteiger partial charge in [0.15, 0.2) is 0 Å². The van der Waals surface area contributed by atoms with Crippen LogP contribution < -0.4 is 0 Å². The van der Waals surface area contributed by atoms with Crippen LogP contribution in [0.1, 0.15) is 65.7 Å². The lowest BCUT2D eigenvalue weighted by atomic mass is 9.71. The molecule has 0 saturated heterocycles. The van der Waals surface area contributed by atoms with Crippen molar-refractivity contribution >= 4 is 11.9 Å². The molecule has 0 N–H and O–H groups in total. The summed E-state index contributed by atoms with van der Waals surface area (Å²) in [5.41, 5.74) is -0.586. The van der Waals surface area contributed by atoms with E-state index in [1.54, 1.807) is 0 Å². The summed E-state index contributed by atoms with van der Waals surface area (Å²) in [5, 5.41) is 0. The molecule has 0 aromatic rings. The molecule has 4 heteroatoms. The summed E-state index contributed by atoms with van der Waals surface area (Å²) >= 11 is 0. The van der Waals surface area contributed by atoms with Crippen molar-refractivity contribution in [1.82, 2.24) is 0 Å². The van der Waals surface area contributed by atoms with Gasteiger partial charge in [-0.25, -0.2) is 0 Å². The minimum Gasteiger partial charge on any atom is -0.465 e. The first-order valence-electron chi connectivity index (χ1n) is 8.31. The van der Waals surface area contributed by atoms with Gasteiger partial charge in [-0.3, -0.25) is 9.59 Å². The maximum atomic E-state index is 12.8. The molecule has 2 atom stereocenters. The van der Waals surface area contributed by atoms with Crippen LogP contribution in [0.25, 0.3) is 0 Å². The summed E-state index contributed by atoms with van der Waals surface area (Å²) in [6.07, 6.45) is 6.65. The Morgan fingerprint density at radius 2 is 1.81 bits per heavy atom. The van der Waals surface area contributed by atoms with Gasteiger partial charge in [0.1, 0.15) is 11.5 Å². The van der Waals surface area contributed by atoms with Crippen molar-refractivity contribution in [3.63, 3.8) is 0 Å². The summed E-state index contributed by atoms with van der Waals surface area (Å²) in [4.78, 5) is 24.3. The molecule has 21 heavy (non-hydrogen) atoms. The molecule has 0 spiro atoms. The molecule has 0 amide bonds. The number of esters is 2. The first-order chi connectivity index (χ1) is 9.96. The van der Waals surface area contributed by atoms with E-state index in [1.165, 1.54) is 6.92 Å². The lowest BCUT2D eigenvalue weighted by Crippen LogP contribution is -2.47. The molecule has 2 rings (SSSR count). The lowest BCUT2D eigenvalue weighted by molar-refractivity contribution is -0.176. The summed E-state index contributed by atoms with van der Waals surface area (Å²) in [6, 6.07) is 0. The van der Waals surface area contributed by atoms with E-state index in [9.17, 15) is 9.59 Å². The molecule has 2 fully saturated rings. The van der Waals surface area contributed by atoms with Crippen molar-refractivity contribution in [3.05, 3.63) is 0 Å². The fraction of sp³-hybridized carbons (Fsp3) is 0.882. The molecule has 2 saturated carbocycles. The normalized spacial score (nSPS) is 29.8. The van der Waals surface area contributed by atoms with E-state index >= 15 is 0 Å². The van der Waals surface area contributed by atoms with Crippen molar-refractivity contribution in [2.24, 2.45) is 17.3 Å². The molecule has 2 aliphatic carbocycles. The summed E-state index contributed by atoms with van der Waals surface area (Å²) in [5.74, 6) is 0.208. The molecule has 0 bridgehead atoms. The highest BCUT2D eigenvalue weighted by Crippen LogP contribution is 2.52. The van der Waals surface area contributed by atoms with Crippen LogP contribution in [0.4, 0.5) is 0 Å². The van der Waals surface area contributed by atoms with Crippen LogP contribution in [-0.2, 0) is 19.1 Å². The van der Waals surface area contributed by atoms with Gasteiger partial charge in [0, 0.05) is 6.92 Å². The molecule has 0 aromatic heterocycles. The van der Waals surface area contributed by atoms with Crippen LogP contribution in [0.5, 0.6) is 0 Å². The number of carbonyl (C=O) groups is 2. The Kier molecular flexibility index (Phi) is 5.28. The highest BCUT2D eigenvalue weighted by Gasteiger charge is 2.57. The second kappa shape index (κ2) is 6.80. The Hall–Kier alpha value is -1.06. The monoisotopic (exact) mass is 296 g/mol. The highest BCUT2D eigenvalue weighted by atomic mass is 16.6. The molecule has 2 aliphatic rings. The van der Waals surface area contributed by atoms with Gasteiger partial charge in [0.25, 0.3) is 0 Å². The maximum Gasteiger partial charge on any atom is 0.316 e. The lowest BCUT2D eigenvalue weighted by Gasteiger charge is -2.37. The van der Waals surface area contributed by atoms with Crippen LogP contribution in [-0.4, -0.2) is 24.6 Å². The van der Waals surface area contributed by atoms with E-state index in [-0.39, 0.29) is 18.0 Å². The van der Waals surface area contributed by atoms with Crippen molar-refractivity contribution < 1.29 is 19.1 Å². The zero-order valence-corrected chi connectivity index (χ0v) is 13.5. The molecule has 2 unspecified atom stereocenters. The van der Waals surface area contributed by atoms with Crippen LogP contribution in [0.15, 0.2) is 0 Å². The van der Waals surface area contributed by atoms with Gasteiger partial charge in [-0.2, -0.15) is 0 Å². The largest absolute Gasteiger partial charge is 0.465 e. The zero-order chi connectivity index (χ0) is 15.5. The van der Waals surface area contributed by atoms with E-state index < -0.39 is 5.41 Å². The summed E-state index contributed by atoms with van der Waals surface area (Å²) in [7, 11) is 0. The molecule has 0 aromatic carbocycles. The van der Waals surface area contributed by atoms with Gasteiger partial charge in [-0.1, -0.05) is 26.7 Å². The van der Waals surface area contributed by atoms with E-state index in [0.717, 1.165) is 44.9 Å². The van der Waals surface area contributed by atoms with Crippen LogP contribution in [0, 0.1) is 17.3 Å². The van der Waals surface area contributed by atoms with Gasteiger partial charge in [-0.15, -0.1) is 0 Å².